The third-order valence-corrected chi connectivity index (χ3v) is 1.76. The molecule has 0 bridgehead atoms. The minimum atomic E-state index is 0.525. The number of benzene rings is 1. The Balaban J connectivity index is 3.17. The maximum atomic E-state index is 5.52. The summed E-state index contributed by atoms with van der Waals surface area (Å²) in [4.78, 5) is 0. The molecule has 0 fully saturated rings. The first-order valence-corrected chi connectivity index (χ1v) is 3.54. The Morgan fingerprint density at radius 1 is 1.70 bits per heavy atom. The van der Waals surface area contributed by atoms with E-state index in [4.69, 9.17) is 10.5 Å². The van der Waals surface area contributed by atoms with Crippen LogP contribution in [0.4, 0.5) is 5.69 Å². The van der Waals surface area contributed by atoms with Gasteiger partial charge in [0.2, 0.25) is 0 Å². The van der Waals surface area contributed by atoms with Gasteiger partial charge in [-0.1, -0.05) is 6.07 Å². The van der Waals surface area contributed by atoms with Crippen molar-refractivity contribution in [3.8, 4) is 5.75 Å². The summed E-state index contributed by atoms with van der Waals surface area (Å²) in [5.74, 6) is 0.641. The van der Waals surface area contributed by atoms with E-state index in [1.54, 1.807) is 13.2 Å². The molecule has 53 valence electrons. The van der Waals surface area contributed by atoms with Gasteiger partial charge in [0, 0.05) is 6.07 Å². The van der Waals surface area contributed by atoms with Gasteiger partial charge >= 0.3 is 0 Å². The predicted molar refractivity (Wildman–Crippen MR) is 43.9 cm³/mol. The number of rotatable bonds is 1. The maximum absolute atomic E-state index is 5.52. The topological polar surface area (TPSA) is 35.2 Å². The molecule has 2 nitrogen and oxygen atoms in total. The lowest BCUT2D eigenvalue weighted by molar-refractivity contribution is 0.414. The van der Waals surface area contributed by atoms with Gasteiger partial charge in [0.05, 0.1) is 17.3 Å². The first-order valence-electron chi connectivity index (χ1n) is 2.75. The van der Waals surface area contributed by atoms with Crippen LogP contribution in [0.2, 0.25) is 0 Å². The largest absolute Gasteiger partial charge is 0.493 e. The lowest BCUT2D eigenvalue weighted by Crippen LogP contribution is -1.92. The van der Waals surface area contributed by atoms with E-state index >= 15 is 0 Å². The molecular formula is C7H7BrNO. The fraction of sp³-hybridized carbons (Fsp3) is 0.143. The van der Waals surface area contributed by atoms with Crippen molar-refractivity contribution in [2.45, 2.75) is 0 Å². The number of ether oxygens (including phenoxy) is 1. The molecule has 2 N–H and O–H groups in total. The number of nitrogen functional groups attached to an aromatic ring is 1. The van der Waals surface area contributed by atoms with Gasteiger partial charge in [-0.3, -0.25) is 0 Å². The number of hydrogen-bond acceptors (Lipinski definition) is 2. The van der Waals surface area contributed by atoms with Gasteiger partial charge in [-0.25, -0.2) is 0 Å². The molecule has 0 amide bonds. The van der Waals surface area contributed by atoms with Crippen LogP contribution in [0.15, 0.2) is 16.6 Å². The fourth-order valence-corrected chi connectivity index (χ4v) is 1.19. The van der Waals surface area contributed by atoms with Crippen molar-refractivity contribution in [3.63, 3.8) is 0 Å². The third kappa shape index (κ3) is 1.24. The van der Waals surface area contributed by atoms with Crippen LogP contribution in [0.5, 0.6) is 5.75 Å². The molecule has 0 heterocycles. The van der Waals surface area contributed by atoms with E-state index in [2.05, 4.69) is 22.0 Å². The Morgan fingerprint density at radius 3 is 2.80 bits per heavy atom. The van der Waals surface area contributed by atoms with Crippen LogP contribution < -0.4 is 10.5 Å². The lowest BCUT2D eigenvalue weighted by Gasteiger charge is -2.04. The average Bonchev–Trinajstić information content (AvgIpc) is 1.88. The molecule has 0 atom stereocenters. The standard InChI is InChI=1S/C7H7BrNO/c1-10-7-5(8)3-2-4-6(7)9/h2-3H,9H2,1H3. The SMILES string of the molecule is COc1c(N)[c]ccc1Br. The Kier molecular flexibility index (Phi) is 2.17. The second-order valence-electron chi connectivity index (χ2n) is 1.77. The molecule has 0 aliphatic heterocycles. The smallest absolute Gasteiger partial charge is 0.156 e. The van der Waals surface area contributed by atoms with Crippen LogP contribution in [0.3, 0.4) is 0 Å². The van der Waals surface area contributed by atoms with Crippen LogP contribution in [-0.4, -0.2) is 7.11 Å². The number of halogens is 1. The zero-order valence-corrected chi connectivity index (χ0v) is 7.10. The van der Waals surface area contributed by atoms with Gasteiger partial charge < -0.3 is 10.5 Å². The maximum Gasteiger partial charge on any atom is 0.156 e. The molecule has 0 aliphatic rings. The molecular weight excluding hydrogens is 194 g/mol. The van der Waals surface area contributed by atoms with Crippen molar-refractivity contribution in [2.24, 2.45) is 0 Å². The van der Waals surface area contributed by atoms with Crippen LogP contribution in [0.1, 0.15) is 0 Å². The molecule has 10 heavy (non-hydrogen) atoms. The molecule has 1 aromatic rings. The quantitative estimate of drug-likeness (QED) is 0.703. The highest BCUT2D eigenvalue weighted by atomic mass is 79.9. The van der Waals surface area contributed by atoms with Crippen molar-refractivity contribution < 1.29 is 4.74 Å². The number of hydrogen-bond donors (Lipinski definition) is 1. The Bertz CT molecular complexity index is 217. The number of nitrogens with two attached hydrogens (primary N) is 1. The highest BCUT2D eigenvalue weighted by Crippen LogP contribution is 2.29. The first kappa shape index (κ1) is 7.41. The highest BCUT2D eigenvalue weighted by Gasteiger charge is 2.01. The van der Waals surface area contributed by atoms with E-state index < -0.39 is 0 Å². The molecule has 0 spiro atoms. The molecule has 3 heteroatoms. The van der Waals surface area contributed by atoms with E-state index in [1.807, 2.05) is 6.07 Å². The number of methoxy groups -OCH3 is 1. The second kappa shape index (κ2) is 2.92. The van der Waals surface area contributed by atoms with E-state index in [0.717, 1.165) is 4.47 Å². The van der Waals surface area contributed by atoms with E-state index in [-0.39, 0.29) is 0 Å². The van der Waals surface area contributed by atoms with Crippen molar-refractivity contribution in [1.82, 2.24) is 0 Å². The summed E-state index contributed by atoms with van der Waals surface area (Å²) in [6.45, 7) is 0. The van der Waals surface area contributed by atoms with Gasteiger partial charge in [-0.2, -0.15) is 0 Å². The summed E-state index contributed by atoms with van der Waals surface area (Å²) in [5.41, 5.74) is 6.05. The molecule has 0 unspecified atom stereocenters. The normalized spacial score (nSPS) is 9.40. The Hall–Kier alpha value is -0.700. The van der Waals surface area contributed by atoms with Crippen molar-refractivity contribution in [1.29, 1.82) is 0 Å². The summed E-state index contributed by atoms with van der Waals surface area (Å²) >= 11 is 3.28. The van der Waals surface area contributed by atoms with Crippen LogP contribution in [0, 0.1) is 6.07 Å². The molecule has 1 radical (unpaired) electrons. The van der Waals surface area contributed by atoms with Crippen molar-refractivity contribution in [2.75, 3.05) is 12.8 Å². The zero-order valence-electron chi connectivity index (χ0n) is 5.52. The third-order valence-electron chi connectivity index (χ3n) is 1.13. The van der Waals surface area contributed by atoms with E-state index in [0.29, 0.717) is 11.4 Å². The first-order chi connectivity index (χ1) is 4.75. The van der Waals surface area contributed by atoms with E-state index in [1.165, 1.54) is 0 Å². The minimum absolute atomic E-state index is 0.525. The second-order valence-corrected chi connectivity index (χ2v) is 2.63. The summed E-state index contributed by atoms with van der Waals surface area (Å²) in [7, 11) is 1.57. The number of anilines is 1. The minimum Gasteiger partial charge on any atom is -0.493 e. The van der Waals surface area contributed by atoms with Gasteiger partial charge in [0.15, 0.2) is 5.75 Å². The highest BCUT2D eigenvalue weighted by molar-refractivity contribution is 9.10. The van der Waals surface area contributed by atoms with Gasteiger partial charge in [-0.05, 0) is 22.0 Å². The summed E-state index contributed by atoms with van der Waals surface area (Å²) < 4.78 is 5.83. The van der Waals surface area contributed by atoms with Crippen LogP contribution >= 0.6 is 15.9 Å². The molecule has 0 saturated heterocycles. The predicted octanol–water partition coefficient (Wildman–Crippen LogP) is 1.84. The van der Waals surface area contributed by atoms with Crippen LogP contribution in [0.25, 0.3) is 0 Å². The summed E-state index contributed by atoms with van der Waals surface area (Å²) in [5, 5.41) is 0. The molecule has 1 rings (SSSR count). The van der Waals surface area contributed by atoms with Crippen molar-refractivity contribution in [3.05, 3.63) is 22.7 Å². The molecule has 1 aromatic carbocycles. The monoisotopic (exact) mass is 200 g/mol. The summed E-state index contributed by atoms with van der Waals surface area (Å²) in [6.07, 6.45) is 0. The molecule has 0 aliphatic carbocycles. The zero-order chi connectivity index (χ0) is 7.56. The Labute approximate surface area is 68.1 Å². The fourth-order valence-electron chi connectivity index (χ4n) is 0.682. The average molecular weight is 201 g/mol. The van der Waals surface area contributed by atoms with Crippen LogP contribution in [-0.2, 0) is 0 Å². The molecule has 0 aromatic heterocycles. The van der Waals surface area contributed by atoms with E-state index in [9.17, 15) is 0 Å². The Morgan fingerprint density at radius 2 is 2.40 bits per heavy atom. The van der Waals surface area contributed by atoms with Crippen molar-refractivity contribution >= 4 is 21.6 Å². The van der Waals surface area contributed by atoms with Gasteiger partial charge in [0.1, 0.15) is 0 Å². The lowest BCUT2D eigenvalue weighted by atomic mass is 10.3. The molecule has 0 saturated carbocycles. The summed E-state index contributed by atoms with van der Waals surface area (Å²) in [6, 6.07) is 6.38. The van der Waals surface area contributed by atoms with Gasteiger partial charge in [-0.15, -0.1) is 0 Å². The van der Waals surface area contributed by atoms with Gasteiger partial charge in [0.25, 0.3) is 0 Å².